The normalized spacial score (nSPS) is 13.3. The minimum absolute atomic E-state index is 0.143. The van der Waals surface area contributed by atoms with Crippen molar-refractivity contribution in [1.29, 1.82) is 0 Å². The van der Waals surface area contributed by atoms with Crippen molar-refractivity contribution in [2.24, 2.45) is 0 Å². The number of benzene rings is 1. The molecule has 1 unspecified atom stereocenters. The van der Waals surface area contributed by atoms with Crippen LogP contribution in [0.2, 0.25) is 0 Å². The lowest BCUT2D eigenvalue weighted by Gasteiger charge is -2.16. The van der Waals surface area contributed by atoms with Crippen LogP contribution in [0.3, 0.4) is 0 Å². The third kappa shape index (κ3) is 5.13. The third-order valence-corrected chi connectivity index (χ3v) is 4.27. The number of thioether (sulfide) groups is 1. The van der Waals surface area contributed by atoms with Crippen molar-refractivity contribution in [1.82, 2.24) is 4.98 Å². The van der Waals surface area contributed by atoms with Crippen LogP contribution in [0.1, 0.15) is 18.1 Å². The molecule has 1 aromatic heterocycles. The van der Waals surface area contributed by atoms with Gasteiger partial charge in [0.1, 0.15) is 0 Å². The molecule has 0 aliphatic heterocycles. The number of hydrogen-bond donors (Lipinski definition) is 1. The molecule has 0 aliphatic carbocycles. The number of amides is 1. The summed E-state index contributed by atoms with van der Waals surface area (Å²) in [6.07, 6.45) is -8.53. The van der Waals surface area contributed by atoms with Crippen molar-refractivity contribution in [3.8, 4) is 0 Å². The second-order valence-electron chi connectivity index (χ2n) is 5.18. The molecule has 26 heavy (non-hydrogen) atoms. The lowest BCUT2D eigenvalue weighted by atomic mass is 10.1. The summed E-state index contributed by atoms with van der Waals surface area (Å²) in [7, 11) is 0. The van der Waals surface area contributed by atoms with Crippen LogP contribution in [0.5, 0.6) is 0 Å². The van der Waals surface area contributed by atoms with Gasteiger partial charge < -0.3 is 5.32 Å². The number of hydrogen-bond acceptors (Lipinski definition) is 3. The Morgan fingerprint density at radius 2 is 1.69 bits per heavy atom. The standard InChI is InChI=1S/C16H12F6N2OS/c1-9(26-13-7-6-10(8-23-13)15(17,18)19)14(25)24-12-5-3-2-4-11(12)16(20,21)22/h2-9H,1H3,(H,24,25). The van der Waals surface area contributed by atoms with Crippen molar-refractivity contribution in [3.63, 3.8) is 0 Å². The fourth-order valence-electron chi connectivity index (χ4n) is 1.93. The lowest BCUT2D eigenvalue weighted by Crippen LogP contribution is -2.24. The van der Waals surface area contributed by atoms with E-state index in [-0.39, 0.29) is 5.03 Å². The number of pyridine rings is 1. The van der Waals surface area contributed by atoms with Gasteiger partial charge in [-0.3, -0.25) is 4.79 Å². The Morgan fingerprint density at radius 1 is 1.04 bits per heavy atom. The molecule has 0 saturated carbocycles. The quantitative estimate of drug-likeness (QED) is 0.570. The Kier molecular flexibility index (Phi) is 5.84. The monoisotopic (exact) mass is 394 g/mol. The zero-order valence-electron chi connectivity index (χ0n) is 13.2. The average molecular weight is 394 g/mol. The number of anilines is 1. The summed E-state index contributed by atoms with van der Waals surface area (Å²) in [5.74, 6) is -0.728. The second kappa shape index (κ2) is 7.56. The first kappa shape index (κ1) is 20.1. The minimum atomic E-state index is -4.63. The smallest absolute Gasteiger partial charge is 0.325 e. The average Bonchev–Trinajstić information content (AvgIpc) is 2.54. The van der Waals surface area contributed by atoms with Gasteiger partial charge in [-0.25, -0.2) is 4.98 Å². The molecule has 1 heterocycles. The van der Waals surface area contributed by atoms with Crippen LogP contribution in [0.25, 0.3) is 0 Å². The number of nitrogens with zero attached hydrogens (tertiary/aromatic N) is 1. The molecule has 3 nitrogen and oxygen atoms in total. The fraction of sp³-hybridized carbons (Fsp3) is 0.250. The number of aromatic nitrogens is 1. The van der Waals surface area contributed by atoms with Gasteiger partial charge >= 0.3 is 12.4 Å². The van der Waals surface area contributed by atoms with Crippen LogP contribution in [-0.2, 0) is 17.1 Å². The van der Waals surface area contributed by atoms with Crippen LogP contribution in [0.4, 0.5) is 32.0 Å². The van der Waals surface area contributed by atoms with Gasteiger partial charge in [0.05, 0.1) is 27.1 Å². The van der Waals surface area contributed by atoms with Gasteiger partial charge in [-0.2, -0.15) is 26.3 Å². The van der Waals surface area contributed by atoms with E-state index in [0.717, 1.165) is 36.0 Å². The number of nitrogens with one attached hydrogen (secondary N) is 1. The Morgan fingerprint density at radius 3 is 2.23 bits per heavy atom. The van der Waals surface area contributed by atoms with Crippen molar-refractivity contribution >= 4 is 23.4 Å². The first-order chi connectivity index (χ1) is 12.0. The predicted octanol–water partition coefficient (Wildman–Crippen LogP) is 5.24. The first-order valence-electron chi connectivity index (χ1n) is 7.15. The molecule has 2 aromatic rings. The summed E-state index contributed by atoms with van der Waals surface area (Å²) < 4.78 is 76.2. The highest BCUT2D eigenvalue weighted by Crippen LogP contribution is 2.35. The van der Waals surface area contributed by atoms with E-state index in [0.29, 0.717) is 6.20 Å². The van der Waals surface area contributed by atoms with E-state index in [2.05, 4.69) is 10.3 Å². The Hall–Kier alpha value is -2.23. The zero-order valence-corrected chi connectivity index (χ0v) is 14.0. The van der Waals surface area contributed by atoms with E-state index in [1.54, 1.807) is 0 Å². The Labute approximate surface area is 148 Å². The molecule has 1 amide bonds. The van der Waals surface area contributed by atoms with Crippen molar-refractivity contribution in [2.45, 2.75) is 29.6 Å². The first-order valence-corrected chi connectivity index (χ1v) is 8.03. The molecule has 0 saturated heterocycles. The van der Waals surface area contributed by atoms with Gasteiger partial charge in [-0.15, -0.1) is 0 Å². The molecule has 2 rings (SSSR count). The van der Waals surface area contributed by atoms with Crippen LogP contribution < -0.4 is 5.32 Å². The summed E-state index contributed by atoms with van der Waals surface area (Å²) >= 11 is 0.832. The summed E-state index contributed by atoms with van der Waals surface area (Å²) in [6.45, 7) is 1.41. The molecule has 0 aliphatic rings. The number of alkyl halides is 6. The summed E-state index contributed by atoms with van der Waals surface area (Å²) in [5.41, 5.74) is -2.31. The lowest BCUT2D eigenvalue weighted by molar-refractivity contribution is -0.138. The van der Waals surface area contributed by atoms with Crippen LogP contribution in [0.15, 0.2) is 47.6 Å². The summed E-state index contributed by atoms with van der Waals surface area (Å²) in [6, 6.07) is 6.42. The van der Waals surface area contributed by atoms with E-state index in [1.165, 1.54) is 19.1 Å². The maximum atomic E-state index is 12.9. The SMILES string of the molecule is CC(Sc1ccc(C(F)(F)F)cn1)C(=O)Nc1ccccc1C(F)(F)F. The molecule has 1 aromatic carbocycles. The van der Waals surface area contributed by atoms with E-state index >= 15 is 0 Å². The van der Waals surface area contributed by atoms with Crippen molar-refractivity contribution in [3.05, 3.63) is 53.7 Å². The molecule has 10 heteroatoms. The number of carbonyl (C=O) groups is 1. The Balaban J connectivity index is 2.07. The molecule has 0 bridgehead atoms. The number of para-hydroxylation sites is 1. The fourth-order valence-corrected chi connectivity index (χ4v) is 2.71. The second-order valence-corrected chi connectivity index (χ2v) is 6.54. The molecule has 0 fully saturated rings. The molecule has 140 valence electrons. The molecule has 0 spiro atoms. The van der Waals surface area contributed by atoms with E-state index in [1.807, 2.05) is 0 Å². The highest BCUT2D eigenvalue weighted by atomic mass is 32.2. The Bertz CT molecular complexity index is 774. The maximum Gasteiger partial charge on any atom is 0.418 e. The molecule has 0 radical (unpaired) electrons. The zero-order chi connectivity index (χ0) is 19.5. The minimum Gasteiger partial charge on any atom is -0.325 e. The van der Waals surface area contributed by atoms with Crippen molar-refractivity contribution < 1.29 is 31.1 Å². The predicted molar refractivity (Wildman–Crippen MR) is 84.6 cm³/mol. The van der Waals surface area contributed by atoms with E-state index < -0.39 is 40.3 Å². The van der Waals surface area contributed by atoms with Crippen LogP contribution >= 0.6 is 11.8 Å². The molecular weight excluding hydrogens is 382 g/mol. The number of rotatable bonds is 4. The van der Waals surface area contributed by atoms with Gasteiger partial charge in [-0.05, 0) is 31.2 Å². The van der Waals surface area contributed by atoms with Crippen LogP contribution in [0, 0.1) is 0 Å². The summed E-state index contributed by atoms with van der Waals surface area (Å²) in [4.78, 5) is 15.7. The largest absolute Gasteiger partial charge is 0.418 e. The molecule has 1 N–H and O–H groups in total. The van der Waals surface area contributed by atoms with Gasteiger partial charge in [0.25, 0.3) is 0 Å². The van der Waals surface area contributed by atoms with Gasteiger partial charge in [-0.1, -0.05) is 23.9 Å². The van der Waals surface area contributed by atoms with Gasteiger partial charge in [0, 0.05) is 6.20 Å². The molecule has 1 atom stereocenters. The number of halogens is 6. The topological polar surface area (TPSA) is 42.0 Å². The highest BCUT2D eigenvalue weighted by molar-refractivity contribution is 8.00. The van der Waals surface area contributed by atoms with Crippen molar-refractivity contribution in [2.75, 3.05) is 5.32 Å². The third-order valence-electron chi connectivity index (χ3n) is 3.22. The highest BCUT2D eigenvalue weighted by Gasteiger charge is 2.34. The van der Waals surface area contributed by atoms with E-state index in [9.17, 15) is 31.1 Å². The van der Waals surface area contributed by atoms with Crippen LogP contribution in [-0.4, -0.2) is 16.1 Å². The summed E-state index contributed by atoms with van der Waals surface area (Å²) in [5, 5.41) is 1.45. The van der Waals surface area contributed by atoms with E-state index in [4.69, 9.17) is 0 Å². The van der Waals surface area contributed by atoms with Gasteiger partial charge in [0.2, 0.25) is 5.91 Å². The van der Waals surface area contributed by atoms with Gasteiger partial charge in [0.15, 0.2) is 0 Å². The molecular formula is C16H12F6N2OS. The number of carbonyl (C=O) groups excluding carboxylic acids is 1. The maximum absolute atomic E-state index is 12.9.